The number of piperidine rings is 1. The average Bonchev–Trinajstić information content (AvgIpc) is 2.39. The van der Waals surface area contributed by atoms with Crippen LogP contribution in [-0.2, 0) is 10.0 Å². The number of pyridine rings is 1. The first-order valence-electron chi connectivity index (χ1n) is 6.19. The van der Waals surface area contributed by atoms with Gasteiger partial charge in [-0.1, -0.05) is 11.6 Å². The third-order valence-electron chi connectivity index (χ3n) is 3.51. The predicted octanol–water partition coefficient (Wildman–Crippen LogP) is 1.45. The molecule has 0 saturated carbocycles. The Labute approximate surface area is 119 Å². The van der Waals surface area contributed by atoms with Crippen LogP contribution in [0.15, 0.2) is 23.4 Å². The van der Waals surface area contributed by atoms with Gasteiger partial charge in [-0.3, -0.25) is 4.98 Å². The molecule has 1 fully saturated rings. The van der Waals surface area contributed by atoms with E-state index in [9.17, 15) is 8.42 Å². The Morgan fingerprint density at radius 1 is 1.37 bits per heavy atom. The van der Waals surface area contributed by atoms with E-state index in [1.165, 1.54) is 22.8 Å². The van der Waals surface area contributed by atoms with Gasteiger partial charge in [0.25, 0.3) is 0 Å². The smallest absolute Gasteiger partial charge is 0.246 e. The van der Waals surface area contributed by atoms with Crippen LogP contribution in [0.3, 0.4) is 0 Å². The molecule has 0 amide bonds. The van der Waals surface area contributed by atoms with Crippen molar-refractivity contribution in [1.29, 1.82) is 0 Å². The second-order valence-corrected chi connectivity index (χ2v) is 7.22. The van der Waals surface area contributed by atoms with Gasteiger partial charge in [0.15, 0.2) is 0 Å². The minimum atomic E-state index is -3.52. The summed E-state index contributed by atoms with van der Waals surface area (Å²) in [6.07, 6.45) is 4.48. The van der Waals surface area contributed by atoms with Crippen LogP contribution in [0.1, 0.15) is 12.8 Å². The molecule has 1 aromatic heterocycles. The molecule has 5 nitrogen and oxygen atoms in total. The standard InChI is InChI=1S/C12H18ClN3O2S/c1-15(2)10-4-7-16(8-5-10)19(17,18)12-9-14-6-3-11(12)13/h3,6,9-10H,4-5,7-8H2,1-2H3. The van der Waals surface area contributed by atoms with Gasteiger partial charge in [0.1, 0.15) is 4.90 Å². The second kappa shape index (κ2) is 5.75. The van der Waals surface area contributed by atoms with Crippen LogP contribution < -0.4 is 0 Å². The fraction of sp³-hybridized carbons (Fsp3) is 0.583. The molecule has 1 aliphatic rings. The largest absolute Gasteiger partial charge is 0.306 e. The highest BCUT2D eigenvalue weighted by molar-refractivity contribution is 7.89. The van der Waals surface area contributed by atoms with E-state index in [4.69, 9.17) is 11.6 Å². The van der Waals surface area contributed by atoms with Crippen LogP contribution >= 0.6 is 11.6 Å². The number of hydrogen-bond acceptors (Lipinski definition) is 4. The summed E-state index contributed by atoms with van der Waals surface area (Å²) in [6, 6.07) is 1.94. The van der Waals surface area contributed by atoms with Crippen LogP contribution in [0.5, 0.6) is 0 Å². The third-order valence-corrected chi connectivity index (χ3v) is 5.87. The Morgan fingerprint density at radius 2 is 2.00 bits per heavy atom. The number of hydrogen-bond donors (Lipinski definition) is 0. The lowest BCUT2D eigenvalue weighted by Crippen LogP contribution is -2.44. The Morgan fingerprint density at radius 3 is 2.53 bits per heavy atom. The number of nitrogens with zero attached hydrogens (tertiary/aromatic N) is 3. The summed E-state index contributed by atoms with van der Waals surface area (Å²) in [5, 5.41) is 0.227. The van der Waals surface area contributed by atoms with Crippen molar-refractivity contribution in [2.45, 2.75) is 23.8 Å². The Kier molecular flexibility index (Phi) is 4.45. The Hall–Kier alpha value is -0.690. The first-order chi connectivity index (χ1) is 8.93. The summed E-state index contributed by atoms with van der Waals surface area (Å²) < 4.78 is 26.4. The van der Waals surface area contributed by atoms with Crippen molar-refractivity contribution < 1.29 is 8.42 Å². The molecule has 1 aromatic rings. The van der Waals surface area contributed by atoms with E-state index in [-0.39, 0.29) is 9.92 Å². The van der Waals surface area contributed by atoms with Gasteiger partial charge in [-0.15, -0.1) is 0 Å². The molecule has 106 valence electrons. The summed E-state index contributed by atoms with van der Waals surface area (Å²) >= 11 is 5.95. The maximum absolute atomic E-state index is 12.5. The first kappa shape index (κ1) is 14.7. The highest BCUT2D eigenvalue weighted by atomic mass is 35.5. The highest BCUT2D eigenvalue weighted by Crippen LogP contribution is 2.26. The van der Waals surface area contributed by atoms with Gasteiger partial charge < -0.3 is 4.90 Å². The monoisotopic (exact) mass is 303 g/mol. The molecule has 0 unspecified atom stereocenters. The van der Waals surface area contributed by atoms with Crippen LogP contribution in [0.4, 0.5) is 0 Å². The minimum Gasteiger partial charge on any atom is -0.306 e. The van der Waals surface area contributed by atoms with Gasteiger partial charge in [-0.05, 0) is 33.0 Å². The zero-order valence-electron chi connectivity index (χ0n) is 11.1. The summed E-state index contributed by atoms with van der Waals surface area (Å²) in [4.78, 5) is 6.09. The molecular weight excluding hydrogens is 286 g/mol. The van der Waals surface area contributed by atoms with Crippen molar-refractivity contribution in [3.8, 4) is 0 Å². The molecule has 2 heterocycles. The van der Waals surface area contributed by atoms with Crippen molar-refractivity contribution in [3.05, 3.63) is 23.5 Å². The highest BCUT2D eigenvalue weighted by Gasteiger charge is 2.31. The normalized spacial score (nSPS) is 18.9. The summed E-state index contributed by atoms with van der Waals surface area (Å²) in [5.41, 5.74) is 0. The molecule has 0 aliphatic carbocycles. The van der Waals surface area contributed by atoms with E-state index in [0.29, 0.717) is 19.1 Å². The van der Waals surface area contributed by atoms with E-state index in [2.05, 4.69) is 9.88 Å². The van der Waals surface area contributed by atoms with E-state index >= 15 is 0 Å². The molecule has 2 rings (SSSR count). The van der Waals surface area contributed by atoms with Crippen LogP contribution in [0.2, 0.25) is 5.02 Å². The van der Waals surface area contributed by atoms with Crippen LogP contribution in [-0.4, -0.2) is 55.8 Å². The topological polar surface area (TPSA) is 53.5 Å². The summed E-state index contributed by atoms with van der Waals surface area (Å²) in [7, 11) is 0.520. The first-order valence-corrected chi connectivity index (χ1v) is 8.01. The molecule has 7 heteroatoms. The molecule has 0 aromatic carbocycles. The maximum Gasteiger partial charge on any atom is 0.246 e. The molecule has 0 atom stereocenters. The van der Waals surface area contributed by atoms with Crippen molar-refractivity contribution in [2.24, 2.45) is 0 Å². The lowest BCUT2D eigenvalue weighted by atomic mass is 10.1. The summed E-state index contributed by atoms with van der Waals surface area (Å²) in [6.45, 7) is 1.05. The molecule has 1 saturated heterocycles. The fourth-order valence-corrected chi connectivity index (χ4v) is 4.17. The van der Waals surface area contributed by atoms with Crippen molar-refractivity contribution in [1.82, 2.24) is 14.2 Å². The van der Waals surface area contributed by atoms with E-state index in [1.54, 1.807) is 0 Å². The van der Waals surface area contributed by atoms with Crippen LogP contribution in [0.25, 0.3) is 0 Å². The van der Waals surface area contributed by atoms with E-state index < -0.39 is 10.0 Å². The third kappa shape index (κ3) is 3.08. The molecule has 1 aliphatic heterocycles. The number of halogens is 1. The number of sulfonamides is 1. The van der Waals surface area contributed by atoms with Gasteiger partial charge in [0.2, 0.25) is 10.0 Å². The Bertz CT molecular complexity index is 540. The average molecular weight is 304 g/mol. The summed E-state index contributed by atoms with van der Waals surface area (Å²) in [5.74, 6) is 0. The van der Waals surface area contributed by atoms with Gasteiger partial charge in [-0.25, -0.2) is 8.42 Å². The molecule has 0 spiro atoms. The lowest BCUT2D eigenvalue weighted by molar-refractivity contribution is 0.196. The van der Waals surface area contributed by atoms with Gasteiger partial charge in [-0.2, -0.15) is 4.31 Å². The molecule has 0 bridgehead atoms. The number of rotatable bonds is 3. The predicted molar refractivity (Wildman–Crippen MR) is 74.7 cm³/mol. The van der Waals surface area contributed by atoms with Gasteiger partial charge in [0, 0.05) is 31.5 Å². The fourth-order valence-electron chi connectivity index (χ4n) is 2.29. The zero-order valence-corrected chi connectivity index (χ0v) is 12.7. The Balaban J connectivity index is 2.17. The maximum atomic E-state index is 12.5. The van der Waals surface area contributed by atoms with Gasteiger partial charge in [0.05, 0.1) is 5.02 Å². The number of aromatic nitrogens is 1. The molecule has 0 N–H and O–H groups in total. The molecular formula is C12H18ClN3O2S. The second-order valence-electron chi connectivity index (χ2n) is 4.90. The van der Waals surface area contributed by atoms with E-state index in [0.717, 1.165) is 12.8 Å². The zero-order chi connectivity index (χ0) is 14.0. The van der Waals surface area contributed by atoms with Crippen molar-refractivity contribution in [3.63, 3.8) is 0 Å². The molecule has 19 heavy (non-hydrogen) atoms. The SMILES string of the molecule is CN(C)C1CCN(S(=O)(=O)c2cnccc2Cl)CC1. The quantitative estimate of drug-likeness (QED) is 0.848. The minimum absolute atomic E-state index is 0.0972. The van der Waals surface area contributed by atoms with E-state index in [1.807, 2.05) is 14.1 Å². The van der Waals surface area contributed by atoms with Crippen molar-refractivity contribution >= 4 is 21.6 Å². The molecule has 0 radical (unpaired) electrons. The lowest BCUT2D eigenvalue weighted by Gasteiger charge is -2.34. The van der Waals surface area contributed by atoms with Gasteiger partial charge >= 0.3 is 0 Å². The van der Waals surface area contributed by atoms with Crippen molar-refractivity contribution in [2.75, 3.05) is 27.2 Å². The van der Waals surface area contributed by atoms with Crippen LogP contribution in [0, 0.1) is 0 Å².